The van der Waals surface area contributed by atoms with Crippen LogP contribution in [0.5, 0.6) is 0 Å². The van der Waals surface area contributed by atoms with Gasteiger partial charge in [0.2, 0.25) is 0 Å². The summed E-state index contributed by atoms with van der Waals surface area (Å²) in [4.78, 5) is 0. The molecule has 0 saturated heterocycles. The summed E-state index contributed by atoms with van der Waals surface area (Å²) in [7, 11) is 1.51. The van der Waals surface area contributed by atoms with Crippen molar-refractivity contribution in [3.05, 3.63) is 0 Å². The van der Waals surface area contributed by atoms with E-state index in [4.69, 9.17) is 11.2 Å². The first-order valence-electron chi connectivity index (χ1n) is 2.77. The van der Waals surface area contributed by atoms with E-state index >= 15 is 0 Å². The third kappa shape index (κ3) is 2.05. The molecule has 2 atom stereocenters. The fourth-order valence-electron chi connectivity index (χ4n) is 0.347. The van der Waals surface area contributed by atoms with Crippen LogP contribution in [0.25, 0.3) is 0 Å². The molecule has 0 heterocycles. The average Bonchev–Trinajstić information content (AvgIpc) is 1.86. The molecule has 2 nitrogen and oxygen atoms in total. The Hall–Kier alpha value is -0.520. The van der Waals surface area contributed by atoms with Gasteiger partial charge in [-0.05, 0) is 13.8 Å². The van der Waals surface area contributed by atoms with E-state index in [1.807, 2.05) is 0 Å². The third-order valence-electron chi connectivity index (χ3n) is 1.44. The lowest BCUT2D eigenvalue weighted by atomic mass is 10.0. The Balaban J connectivity index is 4.01. The molecule has 2 unspecified atom stereocenters. The van der Waals surface area contributed by atoms with Crippen molar-refractivity contribution in [1.29, 1.82) is 0 Å². The highest BCUT2D eigenvalue weighted by Crippen LogP contribution is 2.09. The van der Waals surface area contributed by atoms with Gasteiger partial charge in [0.15, 0.2) is 0 Å². The fraction of sp³-hybridized carbons (Fsp3) is 0.714. The molecule has 0 aromatic carbocycles. The molecule has 2 heteroatoms. The minimum Gasteiger partial charge on any atom is -0.378 e. The summed E-state index contributed by atoms with van der Waals surface area (Å²) in [6, 6.07) is 0. The number of ether oxygens (including phenoxy) is 1. The molecular weight excluding hydrogens is 116 g/mol. The summed E-state index contributed by atoms with van der Waals surface area (Å²) in [5.41, 5.74) is -1.14. The Labute approximate surface area is 55.8 Å². The van der Waals surface area contributed by atoms with Crippen molar-refractivity contribution in [3.8, 4) is 12.3 Å². The van der Waals surface area contributed by atoms with Crippen LogP contribution < -0.4 is 0 Å². The highest BCUT2D eigenvalue weighted by atomic mass is 16.5. The molecule has 0 spiro atoms. The molecule has 0 aliphatic heterocycles. The molecule has 0 bridgehead atoms. The Kier molecular flexibility index (Phi) is 2.69. The summed E-state index contributed by atoms with van der Waals surface area (Å²) in [6.07, 6.45) is 4.69. The first-order valence-corrected chi connectivity index (χ1v) is 2.77. The molecule has 9 heavy (non-hydrogen) atoms. The van der Waals surface area contributed by atoms with Crippen molar-refractivity contribution >= 4 is 0 Å². The predicted octanol–water partition coefficient (Wildman–Crippen LogP) is 0.405. The van der Waals surface area contributed by atoms with E-state index in [0.717, 1.165) is 0 Å². The Morgan fingerprint density at radius 3 is 2.33 bits per heavy atom. The second kappa shape index (κ2) is 2.86. The number of terminal acetylenes is 1. The van der Waals surface area contributed by atoms with Gasteiger partial charge in [0.1, 0.15) is 5.60 Å². The molecule has 0 amide bonds. The van der Waals surface area contributed by atoms with Crippen LogP contribution in [0, 0.1) is 12.3 Å². The number of aliphatic hydroxyl groups is 1. The molecule has 0 aliphatic carbocycles. The maximum absolute atomic E-state index is 9.23. The lowest BCUT2D eigenvalue weighted by Crippen LogP contribution is -2.36. The smallest absolute Gasteiger partial charge is 0.148 e. The van der Waals surface area contributed by atoms with Crippen LogP contribution in [-0.4, -0.2) is 23.9 Å². The van der Waals surface area contributed by atoms with Gasteiger partial charge in [-0.1, -0.05) is 5.92 Å². The van der Waals surface area contributed by atoms with E-state index in [0.29, 0.717) is 0 Å². The summed E-state index contributed by atoms with van der Waals surface area (Å²) in [5.74, 6) is 2.22. The number of hydrogen-bond donors (Lipinski definition) is 1. The fourth-order valence-corrected chi connectivity index (χ4v) is 0.347. The standard InChI is InChI=1S/C7H12O2/c1-5-7(3,8)6(2)9-4/h1,6,8H,2-4H3. The van der Waals surface area contributed by atoms with E-state index in [2.05, 4.69) is 5.92 Å². The lowest BCUT2D eigenvalue weighted by Gasteiger charge is -2.22. The molecular formula is C7H12O2. The number of hydrogen-bond acceptors (Lipinski definition) is 2. The quantitative estimate of drug-likeness (QED) is 0.546. The van der Waals surface area contributed by atoms with Gasteiger partial charge in [0, 0.05) is 7.11 Å². The van der Waals surface area contributed by atoms with Crippen LogP contribution in [0.3, 0.4) is 0 Å². The maximum atomic E-state index is 9.23. The first-order chi connectivity index (χ1) is 4.04. The van der Waals surface area contributed by atoms with Crippen LogP contribution >= 0.6 is 0 Å². The number of rotatable bonds is 2. The molecule has 0 aliphatic rings. The molecule has 0 fully saturated rings. The Bertz CT molecular complexity index is 121. The lowest BCUT2D eigenvalue weighted by molar-refractivity contribution is -0.0337. The minimum atomic E-state index is -1.14. The largest absolute Gasteiger partial charge is 0.378 e. The predicted molar refractivity (Wildman–Crippen MR) is 35.9 cm³/mol. The third-order valence-corrected chi connectivity index (χ3v) is 1.44. The molecule has 52 valence electrons. The van der Waals surface area contributed by atoms with E-state index in [9.17, 15) is 5.11 Å². The van der Waals surface area contributed by atoms with Gasteiger partial charge in [-0.3, -0.25) is 0 Å². The van der Waals surface area contributed by atoms with Crippen LogP contribution in [0.4, 0.5) is 0 Å². The van der Waals surface area contributed by atoms with Gasteiger partial charge in [-0.15, -0.1) is 6.42 Å². The molecule has 0 aromatic rings. The van der Waals surface area contributed by atoms with Crippen molar-refractivity contribution in [2.24, 2.45) is 0 Å². The van der Waals surface area contributed by atoms with E-state index in [1.54, 1.807) is 13.8 Å². The van der Waals surface area contributed by atoms with Crippen molar-refractivity contribution in [1.82, 2.24) is 0 Å². The van der Waals surface area contributed by atoms with Crippen LogP contribution in [0.15, 0.2) is 0 Å². The van der Waals surface area contributed by atoms with E-state index in [-0.39, 0.29) is 6.10 Å². The molecule has 1 N–H and O–H groups in total. The summed E-state index contributed by atoms with van der Waals surface area (Å²) >= 11 is 0. The van der Waals surface area contributed by atoms with Crippen LogP contribution in [0.2, 0.25) is 0 Å². The first kappa shape index (κ1) is 8.48. The van der Waals surface area contributed by atoms with Gasteiger partial charge in [-0.2, -0.15) is 0 Å². The van der Waals surface area contributed by atoms with Crippen LogP contribution in [-0.2, 0) is 4.74 Å². The second-order valence-corrected chi connectivity index (χ2v) is 2.17. The minimum absolute atomic E-state index is 0.317. The summed E-state index contributed by atoms with van der Waals surface area (Å²) < 4.78 is 4.81. The Morgan fingerprint density at radius 2 is 2.22 bits per heavy atom. The molecule has 0 radical (unpaired) electrons. The zero-order chi connectivity index (χ0) is 7.49. The van der Waals surface area contributed by atoms with Gasteiger partial charge < -0.3 is 9.84 Å². The highest BCUT2D eigenvalue weighted by Gasteiger charge is 2.24. The van der Waals surface area contributed by atoms with E-state index < -0.39 is 5.60 Å². The highest BCUT2D eigenvalue weighted by molar-refractivity contribution is 5.07. The van der Waals surface area contributed by atoms with Crippen LogP contribution in [0.1, 0.15) is 13.8 Å². The SMILES string of the molecule is C#CC(C)(O)C(C)OC. The van der Waals surface area contributed by atoms with Gasteiger partial charge >= 0.3 is 0 Å². The average molecular weight is 128 g/mol. The van der Waals surface area contributed by atoms with Gasteiger partial charge in [0.05, 0.1) is 6.10 Å². The maximum Gasteiger partial charge on any atom is 0.148 e. The molecule has 0 rings (SSSR count). The topological polar surface area (TPSA) is 29.5 Å². The molecule has 0 aromatic heterocycles. The Morgan fingerprint density at radius 1 is 1.78 bits per heavy atom. The normalized spacial score (nSPS) is 19.9. The van der Waals surface area contributed by atoms with Crippen molar-refractivity contribution in [2.45, 2.75) is 25.6 Å². The van der Waals surface area contributed by atoms with Gasteiger partial charge in [-0.25, -0.2) is 0 Å². The van der Waals surface area contributed by atoms with Crippen molar-refractivity contribution in [2.75, 3.05) is 7.11 Å². The van der Waals surface area contributed by atoms with Crippen molar-refractivity contribution in [3.63, 3.8) is 0 Å². The monoisotopic (exact) mass is 128 g/mol. The van der Waals surface area contributed by atoms with Gasteiger partial charge in [0.25, 0.3) is 0 Å². The summed E-state index contributed by atoms with van der Waals surface area (Å²) in [5, 5.41) is 9.23. The van der Waals surface area contributed by atoms with Crippen molar-refractivity contribution < 1.29 is 9.84 Å². The zero-order valence-corrected chi connectivity index (χ0v) is 6.01. The van der Waals surface area contributed by atoms with E-state index in [1.165, 1.54) is 7.11 Å². The zero-order valence-electron chi connectivity index (χ0n) is 6.01. The number of methoxy groups -OCH3 is 1. The molecule has 0 saturated carbocycles. The second-order valence-electron chi connectivity index (χ2n) is 2.17. The summed E-state index contributed by atoms with van der Waals surface area (Å²) in [6.45, 7) is 3.26.